The normalized spacial score (nSPS) is 21.8. The van der Waals surface area contributed by atoms with E-state index in [1.807, 2.05) is 61.5 Å². The summed E-state index contributed by atoms with van der Waals surface area (Å²) in [7, 11) is 0. The Morgan fingerprint density at radius 2 is 1.38 bits per heavy atom. The van der Waals surface area contributed by atoms with Gasteiger partial charge in [-0.1, -0.05) is 66.7 Å². The molecule has 3 aromatic carbocycles. The summed E-state index contributed by atoms with van der Waals surface area (Å²) in [5.41, 5.74) is 5.31. The predicted octanol–water partition coefficient (Wildman–Crippen LogP) is 4.84. The third-order valence-corrected chi connectivity index (χ3v) is 5.32. The standard InChI is InChI=1S/C23H18N2O/c1-2-19-17-12-6-8-14-20(17)25-21-15-9-7-13-18(21)22(26)24-23(19,25)16-10-4-3-5-11-16/h2-15H,1H3,(H,24,26)/b19-2+/t23-/m0/s1. The summed E-state index contributed by atoms with van der Waals surface area (Å²) < 4.78 is 0. The topological polar surface area (TPSA) is 32.3 Å². The van der Waals surface area contributed by atoms with E-state index >= 15 is 0 Å². The molecule has 126 valence electrons. The molecule has 0 aliphatic carbocycles. The third kappa shape index (κ3) is 1.75. The highest BCUT2D eigenvalue weighted by molar-refractivity contribution is 6.10. The number of nitrogens with one attached hydrogen (secondary N) is 1. The molecule has 2 aliphatic rings. The van der Waals surface area contributed by atoms with Crippen LogP contribution in [0.3, 0.4) is 0 Å². The molecule has 1 amide bonds. The largest absolute Gasteiger partial charge is 0.321 e. The molecule has 0 radical (unpaired) electrons. The smallest absolute Gasteiger partial charge is 0.255 e. The lowest BCUT2D eigenvalue weighted by Gasteiger charge is -2.46. The van der Waals surface area contributed by atoms with Crippen LogP contribution in [0.4, 0.5) is 11.4 Å². The maximum absolute atomic E-state index is 13.1. The lowest BCUT2D eigenvalue weighted by molar-refractivity contribution is 0.0912. The Bertz CT molecular complexity index is 1050. The average Bonchev–Trinajstić information content (AvgIpc) is 2.99. The maximum Gasteiger partial charge on any atom is 0.255 e. The van der Waals surface area contributed by atoms with Crippen LogP contribution in [-0.4, -0.2) is 5.91 Å². The number of hydrogen-bond acceptors (Lipinski definition) is 2. The second-order valence-electron chi connectivity index (χ2n) is 6.60. The minimum absolute atomic E-state index is 0.0483. The lowest BCUT2D eigenvalue weighted by atomic mass is 9.86. The van der Waals surface area contributed by atoms with Crippen LogP contribution in [0, 0.1) is 0 Å². The van der Waals surface area contributed by atoms with Crippen LogP contribution in [0.1, 0.15) is 28.4 Å². The average molecular weight is 338 g/mol. The molecule has 3 nitrogen and oxygen atoms in total. The Hall–Kier alpha value is -3.33. The maximum atomic E-state index is 13.1. The van der Waals surface area contributed by atoms with Crippen LogP contribution in [0.5, 0.6) is 0 Å². The van der Waals surface area contributed by atoms with Crippen molar-refractivity contribution in [1.29, 1.82) is 0 Å². The van der Waals surface area contributed by atoms with Gasteiger partial charge in [0.25, 0.3) is 5.91 Å². The fraction of sp³-hybridized carbons (Fsp3) is 0.0870. The molecule has 26 heavy (non-hydrogen) atoms. The fourth-order valence-corrected chi connectivity index (χ4v) is 4.32. The van der Waals surface area contributed by atoms with Gasteiger partial charge < -0.3 is 10.2 Å². The van der Waals surface area contributed by atoms with Crippen molar-refractivity contribution >= 4 is 22.9 Å². The van der Waals surface area contributed by atoms with Crippen LogP contribution >= 0.6 is 0 Å². The Labute approximate surface area is 152 Å². The quantitative estimate of drug-likeness (QED) is 0.689. The molecular weight excluding hydrogens is 320 g/mol. The van der Waals surface area contributed by atoms with Gasteiger partial charge >= 0.3 is 0 Å². The first-order valence-electron chi connectivity index (χ1n) is 8.81. The van der Waals surface area contributed by atoms with Crippen molar-refractivity contribution < 1.29 is 4.79 Å². The molecule has 5 rings (SSSR count). The molecule has 1 atom stereocenters. The van der Waals surface area contributed by atoms with Gasteiger partial charge in [0.15, 0.2) is 5.66 Å². The summed E-state index contributed by atoms with van der Waals surface area (Å²) in [5.74, 6) is -0.0483. The van der Waals surface area contributed by atoms with E-state index in [0.717, 1.165) is 28.1 Å². The van der Waals surface area contributed by atoms with Gasteiger partial charge in [0.1, 0.15) is 0 Å². The van der Waals surface area contributed by atoms with Crippen LogP contribution in [-0.2, 0) is 5.66 Å². The van der Waals surface area contributed by atoms with Gasteiger partial charge in [0.2, 0.25) is 0 Å². The second kappa shape index (κ2) is 5.33. The summed E-state index contributed by atoms with van der Waals surface area (Å²) in [6.45, 7) is 2.03. The highest BCUT2D eigenvalue weighted by Crippen LogP contribution is 2.56. The van der Waals surface area contributed by atoms with Gasteiger partial charge in [-0.05, 0) is 25.1 Å². The number of benzene rings is 3. The first-order valence-corrected chi connectivity index (χ1v) is 8.81. The Balaban J connectivity index is 1.91. The minimum Gasteiger partial charge on any atom is -0.321 e. The van der Waals surface area contributed by atoms with Gasteiger partial charge in [-0.3, -0.25) is 4.79 Å². The summed E-state index contributed by atoms with van der Waals surface area (Å²) >= 11 is 0. The molecule has 2 aliphatic heterocycles. The van der Waals surface area contributed by atoms with Crippen LogP contribution in [0.25, 0.3) is 5.57 Å². The molecule has 0 spiro atoms. The number of carbonyl (C=O) groups excluding carboxylic acids is 1. The van der Waals surface area contributed by atoms with Crippen molar-refractivity contribution in [3.63, 3.8) is 0 Å². The van der Waals surface area contributed by atoms with Gasteiger partial charge in [-0.25, -0.2) is 0 Å². The molecule has 0 saturated carbocycles. The molecule has 3 heteroatoms. The van der Waals surface area contributed by atoms with E-state index in [1.165, 1.54) is 0 Å². The lowest BCUT2D eigenvalue weighted by Crippen LogP contribution is -2.58. The summed E-state index contributed by atoms with van der Waals surface area (Å²) in [6, 6.07) is 26.4. The summed E-state index contributed by atoms with van der Waals surface area (Å²) in [6.07, 6.45) is 2.11. The van der Waals surface area contributed by atoms with E-state index in [9.17, 15) is 4.79 Å². The number of para-hydroxylation sites is 2. The van der Waals surface area contributed by atoms with Gasteiger partial charge in [-0.15, -0.1) is 0 Å². The van der Waals surface area contributed by atoms with Crippen molar-refractivity contribution in [3.05, 3.63) is 102 Å². The molecule has 2 heterocycles. The van der Waals surface area contributed by atoms with E-state index in [1.54, 1.807) is 0 Å². The fourth-order valence-electron chi connectivity index (χ4n) is 4.32. The van der Waals surface area contributed by atoms with E-state index < -0.39 is 5.66 Å². The van der Waals surface area contributed by atoms with E-state index in [2.05, 4.69) is 40.6 Å². The molecule has 0 fully saturated rings. The number of anilines is 2. The van der Waals surface area contributed by atoms with Crippen LogP contribution in [0.2, 0.25) is 0 Å². The first-order chi connectivity index (χ1) is 12.8. The summed E-state index contributed by atoms with van der Waals surface area (Å²) in [5, 5.41) is 3.33. The van der Waals surface area contributed by atoms with E-state index in [-0.39, 0.29) is 5.91 Å². The predicted molar refractivity (Wildman–Crippen MR) is 104 cm³/mol. The Morgan fingerprint density at radius 1 is 0.808 bits per heavy atom. The van der Waals surface area contributed by atoms with Gasteiger partial charge in [-0.2, -0.15) is 0 Å². The molecule has 1 N–H and O–H groups in total. The molecule has 0 saturated heterocycles. The first kappa shape index (κ1) is 15.0. The molecule has 0 aromatic heterocycles. The number of allylic oxidation sites excluding steroid dienone is 1. The van der Waals surface area contributed by atoms with E-state index in [0.29, 0.717) is 5.56 Å². The van der Waals surface area contributed by atoms with Crippen LogP contribution in [0.15, 0.2) is 84.9 Å². The number of nitrogens with zero attached hydrogens (tertiary/aromatic N) is 1. The van der Waals surface area contributed by atoms with Gasteiger partial charge in [0.05, 0.1) is 16.9 Å². The molecule has 0 unspecified atom stereocenters. The number of amides is 1. The molecule has 0 bridgehead atoms. The van der Waals surface area contributed by atoms with Crippen LogP contribution < -0.4 is 10.2 Å². The zero-order chi connectivity index (χ0) is 17.7. The SMILES string of the molecule is C/C=C1\c2ccccc2N2c3ccccc3C(=O)N[C@]12c1ccccc1. The number of fused-ring (bicyclic) bond motifs is 5. The zero-order valence-corrected chi connectivity index (χ0v) is 14.4. The minimum atomic E-state index is -0.731. The van der Waals surface area contributed by atoms with Crippen molar-refractivity contribution in [2.24, 2.45) is 0 Å². The third-order valence-electron chi connectivity index (χ3n) is 5.32. The molecular formula is C23H18N2O. The second-order valence-corrected chi connectivity index (χ2v) is 6.60. The zero-order valence-electron chi connectivity index (χ0n) is 14.4. The van der Waals surface area contributed by atoms with Crippen molar-refractivity contribution in [1.82, 2.24) is 5.32 Å². The monoisotopic (exact) mass is 338 g/mol. The van der Waals surface area contributed by atoms with Crippen molar-refractivity contribution in [3.8, 4) is 0 Å². The number of rotatable bonds is 1. The number of hydrogen-bond donors (Lipinski definition) is 1. The Kier molecular flexibility index (Phi) is 3.07. The highest BCUT2D eigenvalue weighted by Gasteiger charge is 2.53. The molecule has 3 aromatic rings. The Morgan fingerprint density at radius 3 is 2.08 bits per heavy atom. The van der Waals surface area contributed by atoms with Crippen molar-refractivity contribution in [2.75, 3.05) is 4.90 Å². The van der Waals surface area contributed by atoms with Gasteiger partial charge in [0, 0.05) is 16.7 Å². The van der Waals surface area contributed by atoms with Crippen molar-refractivity contribution in [2.45, 2.75) is 12.6 Å². The number of carbonyl (C=O) groups is 1. The highest BCUT2D eigenvalue weighted by atomic mass is 16.2. The van der Waals surface area contributed by atoms with E-state index in [4.69, 9.17) is 0 Å². The summed E-state index contributed by atoms with van der Waals surface area (Å²) in [4.78, 5) is 15.3.